The fraction of sp³-hybridized carbons (Fsp3) is 0.400. The second kappa shape index (κ2) is 8.33. The average molecular weight is 419 g/mol. The van der Waals surface area contributed by atoms with Crippen LogP contribution in [0, 0.1) is 0 Å². The Bertz CT molecular complexity index is 790. The zero-order valence-electron chi connectivity index (χ0n) is 15.4. The summed E-state index contributed by atoms with van der Waals surface area (Å²) in [6, 6.07) is 10.3. The number of alkyl halides is 6. The number of hydrogen-bond donors (Lipinski definition) is 0. The molecule has 2 atom stereocenters. The monoisotopic (exact) mass is 419 g/mol. The molecule has 1 saturated heterocycles. The largest absolute Gasteiger partial charge is 0.416 e. The lowest BCUT2D eigenvalue weighted by Crippen LogP contribution is -2.44. The lowest BCUT2D eigenvalue weighted by atomic mass is 10.0. The van der Waals surface area contributed by atoms with Crippen LogP contribution in [0.1, 0.15) is 28.3 Å². The van der Waals surface area contributed by atoms with Crippen LogP contribution in [0.25, 0.3) is 0 Å². The van der Waals surface area contributed by atoms with Crippen molar-refractivity contribution < 1.29 is 35.8 Å². The van der Waals surface area contributed by atoms with Crippen LogP contribution >= 0.6 is 0 Å². The first-order valence-corrected chi connectivity index (χ1v) is 8.82. The minimum atomic E-state index is -4.90. The highest BCUT2D eigenvalue weighted by Gasteiger charge is 2.37. The van der Waals surface area contributed by atoms with E-state index in [1.54, 1.807) is 0 Å². The van der Waals surface area contributed by atoms with Gasteiger partial charge in [-0.25, -0.2) is 0 Å². The predicted molar refractivity (Wildman–Crippen MR) is 92.8 cm³/mol. The molecule has 0 amide bonds. The van der Waals surface area contributed by atoms with Gasteiger partial charge in [0.05, 0.1) is 30.4 Å². The molecule has 0 spiro atoms. The number of ether oxygens (including phenoxy) is 2. The summed E-state index contributed by atoms with van der Waals surface area (Å²) in [7, 11) is 1.85. The summed E-state index contributed by atoms with van der Waals surface area (Å²) in [6.45, 7) is 0.497. The smallest absolute Gasteiger partial charge is 0.349 e. The van der Waals surface area contributed by atoms with Crippen LogP contribution in [0.3, 0.4) is 0 Å². The van der Waals surface area contributed by atoms with Crippen molar-refractivity contribution in [2.75, 3.05) is 20.2 Å². The van der Waals surface area contributed by atoms with Gasteiger partial charge < -0.3 is 9.47 Å². The van der Waals surface area contributed by atoms with Crippen molar-refractivity contribution in [1.82, 2.24) is 4.90 Å². The Morgan fingerprint density at radius 2 is 1.55 bits per heavy atom. The SMILES string of the molecule is CN1CCO[C@H](OCc2cc(C(F)(F)F)cc(C(F)(F)F)c2)[C@H]1c1ccccc1. The lowest BCUT2D eigenvalue weighted by Gasteiger charge is -2.39. The maximum Gasteiger partial charge on any atom is 0.416 e. The van der Waals surface area contributed by atoms with E-state index in [-0.39, 0.29) is 17.7 Å². The molecule has 0 bridgehead atoms. The first kappa shape index (κ1) is 21.6. The van der Waals surface area contributed by atoms with Crippen LogP contribution in [0.5, 0.6) is 0 Å². The summed E-state index contributed by atoms with van der Waals surface area (Å²) in [4.78, 5) is 1.97. The number of likely N-dealkylation sites (N-methyl/N-ethyl adjacent to an activating group) is 1. The van der Waals surface area contributed by atoms with Crippen molar-refractivity contribution in [2.24, 2.45) is 0 Å². The first-order valence-electron chi connectivity index (χ1n) is 8.82. The summed E-state index contributed by atoms with van der Waals surface area (Å²) < 4.78 is 89.4. The van der Waals surface area contributed by atoms with E-state index >= 15 is 0 Å². The average Bonchev–Trinajstić information content (AvgIpc) is 2.65. The van der Waals surface area contributed by atoms with Gasteiger partial charge in [-0.3, -0.25) is 4.90 Å². The van der Waals surface area contributed by atoms with Gasteiger partial charge in [-0.1, -0.05) is 30.3 Å². The highest BCUT2D eigenvalue weighted by atomic mass is 19.4. The number of hydrogen-bond acceptors (Lipinski definition) is 3. The molecule has 3 nitrogen and oxygen atoms in total. The third-order valence-electron chi connectivity index (χ3n) is 4.66. The fourth-order valence-corrected chi connectivity index (χ4v) is 3.23. The molecule has 29 heavy (non-hydrogen) atoms. The summed E-state index contributed by atoms with van der Waals surface area (Å²) in [5.41, 5.74) is -2.09. The number of nitrogens with zero attached hydrogens (tertiary/aromatic N) is 1. The van der Waals surface area contributed by atoms with Crippen molar-refractivity contribution in [3.63, 3.8) is 0 Å². The third-order valence-corrected chi connectivity index (χ3v) is 4.66. The Balaban J connectivity index is 1.84. The van der Waals surface area contributed by atoms with Crippen molar-refractivity contribution in [3.8, 4) is 0 Å². The van der Waals surface area contributed by atoms with E-state index in [2.05, 4.69) is 0 Å². The van der Waals surface area contributed by atoms with Crippen LogP contribution < -0.4 is 0 Å². The molecule has 0 aromatic heterocycles. The third kappa shape index (κ3) is 5.29. The van der Waals surface area contributed by atoms with Gasteiger partial charge in [-0.15, -0.1) is 0 Å². The highest BCUT2D eigenvalue weighted by molar-refractivity contribution is 5.33. The zero-order valence-corrected chi connectivity index (χ0v) is 15.4. The summed E-state index contributed by atoms with van der Waals surface area (Å²) >= 11 is 0. The van der Waals surface area contributed by atoms with E-state index in [1.165, 1.54) is 0 Å². The number of benzene rings is 2. The lowest BCUT2D eigenvalue weighted by molar-refractivity contribution is -0.212. The maximum absolute atomic E-state index is 13.0. The van der Waals surface area contributed by atoms with Crippen LogP contribution in [0.2, 0.25) is 0 Å². The standard InChI is InChI=1S/C20H19F6NO2/c1-27-7-8-28-18(17(27)14-5-3-2-4-6-14)29-12-13-9-15(19(21,22)23)11-16(10-13)20(24,25)26/h2-6,9-11,17-18H,7-8,12H2,1H3/t17-,18-/m1/s1. The molecule has 0 unspecified atom stereocenters. The van der Waals surface area contributed by atoms with Gasteiger partial charge in [0.25, 0.3) is 0 Å². The maximum atomic E-state index is 13.0. The summed E-state index contributed by atoms with van der Waals surface area (Å²) in [5, 5.41) is 0. The minimum Gasteiger partial charge on any atom is -0.349 e. The van der Waals surface area contributed by atoms with E-state index in [4.69, 9.17) is 9.47 Å². The molecule has 0 radical (unpaired) electrons. The normalized spacial score (nSPS) is 21.3. The second-order valence-corrected chi connectivity index (χ2v) is 6.80. The van der Waals surface area contributed by atoms with Crippen LogP contribution in [0.4, 0.5) is 26.3 Å². The second-order valence-electron chi connectivity index (χ2n) is 6.80. The molecule has 1 aliphatic heterocycles. The molecular weight excluding hydrogens is 400 g/mol. The molecule has 3 rings (SSSR count). The zero-order chi connectivity index (χ0) is 21.2. The van der Waals surface area contributed by atoms with Gasteiger partial charge in [0.15, 0.2) is 6.29 Å². The van der Waals surface area contributed by atoms with Crippen molar-refractivity contribution in [1.29, 1.82) is 0 Å². The van der Waals surface area contributed by atoms with Gasteiger partial charge >= 0.3 is 12.4 Å². The molecule has 0 saturated carbocycles. The van der Waals surface area contributed by atoms with Crippen molar-refractivity contribution in [2.45, 2.75) is 31.3 Å². The Kier molecular flexibility index (Phi) is 6.21. The number of rotatable bonds is 4. The minimum absolute atomic E-state index is 0.0984. The van der Waals surface area contributed by atoms with Gasteiger partial charge in [-0.05, 0) is 36.4 Å². The molecule has 2 aromatic carbocycles. The fourth-order valence-electron chi connectivity index (χ4n) is 3.23. The van der Waals surface area contributed by atoms with E-state index < -0.39 is 36.4 Å². The molecule has 0 aliphatic carbocycles. The number of morpholine rings is 1. The molecule has 2 aromatic rings. The topological polar surface area (TPSA) is 21.7 Å². The van der Waals surface area contributed by atoms with Crippen molar-refractivity contribution in [3.05, 3.63) is 70.8 Å². The van der Waals surface area contributed by atoms with Crippen LogP contribution in [-0.2, 0) is 28.4 Å². The Morgan fingerprint density at radius 1 is 0.966 bits per heavy atom. The van der Waals surface area contributed by atoms with Gasteiger partial charge in [0.1, 0.15) is 0 Å². The predicted octanol–water partition coefficient (Wildman–Crippen LogP) is 5.27. The number of halogens is 6. The molecule has 1 aliphatic rings. The van der Waals surface area contributed by atoms with Gasteiger partial charge in [-0.2, -0.15) is 26.3 Å². The molecule has 158 valence electrons. The molecule has 1 heterocycles. The highest BCUT2D eigenvalue weighted by Crippen LogP contribution is 2.37. The first-order chi connectivity index (χ1) is 13.6. The summed E-state index contributed by atoms with van der Waals surface area (Å²) in [6.07, 6.45) is -10.6. The summed E-state index contributed by atoms with van der Waals surface area (Å²) in [5.74, 6) is 0. The van der Waals surface area contributed by atoms with E-state index in [0.717, 1.165) is 5.56 Å². The van der Waals surface area contributed by atoms with E-state index in [9.17, 15) is 26.3 Å². The Labute approximate surface area is 163 Å². The molecule has 0 N–H and O–H groups in total. The Hall–Kier alpha value is -2.10. The van der Waals surface area contributed by atoms with Gasteiger partial charge in [0, 0.05) is 6.54 Å². The van der Waals surface area contributed by atoms with Gasteiger partial charge in [0.2, 0.25) is 0 Å². The van der Waals surface area contributed by atoms with E-state index in [0.29, 0.717) is 25.3 Å². The quantitative estimate of drug-likeness (QED) is 0.631. The van der Waals surface area contributed by atoms with Crippen molar-refractivity contribution >= 4 is 0 Å². The van der Waals surface area contributed by atoms with E-state index in [1.807, 2.05) is 42.3 Å². The molecular formula is C20H19F6NO2. The van der Waals surface area contributed by atoms with Crippen LogP contribution in [0.15, 0.2) is 48.5 Å². The Morgan fingerprint density at radius 3 is 2.10 bits per heavy atom. The molecule has 9 heteroatoms. The molecule has 1 fully saturated rings. The van der Waals surface area contributed by atoms with Crippen LogP contribution in [-0.4, -0.2) is 31.4 Å².